The van der Waals surface area contributed by atoms with Crippen molar-refractivity contribution in [3.05, 3.63) is 30.1 Å². The molecular formula is C21H32FN3O. The summed E-state index contributed by atoms with van der Waals surface area (Å²) in [4.78, 5) is 19.1. The zero-order chi connectivity index (χ0) is 18.5. The average molecular weight is 362 g/mol. The first-order valence-corrected chi connectivity index (χ1v) is 10.0. The van der Waals surface area contributed by atoms with Crippen molar-refractivity contribution in [2.75, 3.05) is 44.7 Å². The molecule has 0 atom stereocenters. The number of anilines is 1. The molecule has 0 aromatic heterocycles. The van der Waals surface area contributed by atoms with Gasteiger partial charge in [-0.3, -0.25) is 4.79 Å². The number of carbonyl (C=O) groups is 1. The highest BCUT2D eigenvalue weighted by Gasteiger charge is 2.24. The Morgan fingerprint density at radius 1 is 1.08 bits per heavy atom. The monoisotopic (exact) mass is 361 g/mol. The molecule has 2 aliphatic rings. The van der Waals surface area contributed by atoms with E-state index in [9.17, 15) is 9.18 Å². The fourth-order valence-corrected chi connectivity index (χ4v) is 4.16. The van der Waals surface area contributed by atoms with Crippen LogP contribution in [0.25, 0.3) is 0 Å². The van der Waals surface area contributed by atoms with Gasteiger partial charge in [-0.05, 0) is 62.9 Å². The van der Waals surface area contributed by atoms with Crippen LogP contribution < -0.4 is 4.90 Å². The molecule has 26 heavy (non-hydrogen) atoms. The average Bonchev–Trinajstić information content (AvgIpc) is 2.67. The number of carbonyl (C=O) groups excluding carboxylic acids is 1. The van der Waals surface area contributed by atoms with Gasteiger partial charge in [0.15, 0.2) is 0 Å². The normalized spacial score (nSPS) is 24.2. The Kier molecular flexibility index (Phi) is 6.52. The first kappa shape index (κ1) is 19.2. The fraction of sp³-hybridized carbons (Fsp3) is 0.667. The van der Waals surface area contributed by atoms with E-state index in [4.69, 9.17) is 0 Å². The number of hydrogen-bond donors (Lipinski definition) is 0. The second-order valence-electron chi connectivity index (χ2n) is 7.99. The van der Waals surface area contributed by atoms with Gasteiger partial charge in [0.25, 0.3) is 0 Å². The Morgan fingerprint density at radius 3 is 2.31 bits per heavy atom. The van der Waals surface area contributed by atoms with Gasteiger partial charge in [-0.1, -0.05) is 6.92 Å². The summed E-state index contributed by atoms with van der Waals surface area (Å²) in [6.45, 7) is 6.32. The molecule has 3 rings (SSSR count). The lowest BCUT2D eigenvalue weighted by atomic mass is 9.87. The minimum absolute atomic E-state index is 0.209. The Hall–Kier alpha value is -1.62. The molecule has 1 saturated carbocycles. The van der Waals surface area contributed by atoms with E-state index in [1.807, 2.05) is 17.0 Å². The minimum Gasteiger partial charge on any atom is -0.368 e. The third kappa shape index (κ3) is 4.97. The Morgan fingerprint density at radius 2 is 1.69 bits per heavy atom. The molecule has 0 bridgehead atoms. The van der Waals surface area contributed by atoms with Crippen LogP contribution in [0.3, 0.4) is 0 Å². The van der Waals surface area contributed by atoms with Gasteiger partial charge < -0.3 is 14.7 Å². The van der Waals surface area contributed by atoms with Crippen molar-refractivity contribution < 1.29 is 9.18 Å². The minimum atomic E-state index is -0.209. The SMILES string of the molecule is CC1CCC(N(C)CCC(=O)N2CCN(c3ccc(F)cc3)CC2)CC1. The molecule has 4 nitrogen and oxygen atoms in total. The number of amides is 1. The molecule has 1 aliphatic carbocycles. The molecule has 1 aromatic carbocycles. The molecule has 2 fully saturated rings. The molecule has 0 unspecified atom stereocenters. The van der Waals surface area contributed by atoms with Crippen molar-refractivity contribution in [1.82, 2.24) is 9.80 Å². The topological polar surface area (TPSA) is 26.8 Å². The summed E-state index contributed by atoms with van der Waals surface area (Å²) < 4.78 is 13.0. The maximum atomic E-state index is 13.0. The summed E-state index contributed by atoms with van der Waals surface area (Å²) in [7, 11) is 2.17. The standard InChI is InChI=1S/C21H32FN3O/c1-17-3-7-19(8-4-17)23(2)12-11-21(26)25-15-13-24(14-16-25)20-9-5-18(22)6-10-20/h5-6,9-10,17,19H,3-4,7-8,11-16H2,1-2H3. The van der Waals surface area contributed by atoms with E-state index >= 15 is 0 Å². The van der Waals surface area contributed by atoms with Crippen molar-refractivity contribution in [2.24, 2.45) is 5.92 Å². The van der Waals surface area contributed by atoms with E-state index in [0.717, 1.165) is 44.3 Å². The molecule has 0 N–H and O–H groups in total. The van der Waals surface area contributed by atoms with Crippen molar-refractivity contribution >= 4 is 11.6 Å². The predicted octanol–water partition coefficient (Wildman–Crippen LogP) is 3.37. The van der Waals surface area contributed by atoms with Gasteiger partial charge in [-0.15, -0.1) is 0 Å². The fourth-order valence-electron chi connectivity index (χ4n) is 4.16. The van der Waals surface area contributed by atoms with Gasteiger partial charge in [0.2, 0.25) is 5.91 Å². The lowest BCUT2D eigenvalue weighted by Crippen LogP contribution is -2.49. The Labute approximate surface area is 157 Å². The smallest absolute Gasteiger partial charge is 0.223 e. The van der Waals surface area contributed by atoms with E-state index in [0.29, 0.717) is 12.5 Å². The van der Waals surface area contributed by atoms with Crippen molar-refractivity contribution in [2.45, 2.75) is 45.1 Å². The van der Waals surface area contributed by atoms with E-state index in [1.165, 1.54) is 37.8 Å². The van der Waals surface area contributed by atoms with Gasteiger partial charge in [-0.2, -0.15) is 0 Å². The van der Waals surface area contributed by atoms with Crippen LogP contribution in [-0.4, -0.2) is 61.5 Å². The second kappa shape index (κ2) is 8.85. The summed E-state index contributed by atoms with van der Waals surface area (Å²) in [5.74, 6) is 0.914. The molecule has 1 aromatic rings. The highest BCUT2D eigenvalue weighted by Crippen LogP contribution is 2.26. The summed E-state index contributed by atoms with van der Waals surface area (Å²) in [6.07, 6.45) is 5.77. The van der Waals surface area contributed by atoms with Gasteiger partial charge in [0, 0.05) is 50.9 Å². The van der Waals surface area contributed by atoms with Crippen molar-refractivity contribution in [3.63, 3.8) is 0 Å². The zero-order valence-corrected chi connectivity index (χ0v) is 16.2. The predicted molar refractivity (Wildman–Crippen MR) is 104 cm³/mol. The van der Waals surface area contributed by atoms with Crippen LogP contribution >= 0.6 is 0 Å². The van der Waals surface area contributed by atoms with Crippen LogP contribution in [0, 0.1) is 11.7 Å². The van der Waals surface area contributed by atoms with Crippen LogP contribution in [0.1, 0.15) is 39.0 Å². The maximum Gasteiger partial charge on any atom is 0.223 e. The van der Waals surface area contributed by atoms with Crippen LogP contribution in [0.5, 0.6) is 0 Å². The molecule has 1 saturated heterocycles. The summed E-state index contributed by atoms with van der Waals surface area (Å²) in [5.41, 5.74) is 1.03. The van der Waals surface area contributed by atoms with E-state index in [2.05, 4.69) is 23.8 Å². The first-order valence-electron chi connectivity index (χ1n) is 10.0. The Balaban J connectivity index is 1.40. The summed E-state index contributed by atoms with van der Waals surface area (Å²) >= 11 is 0. The molecular weight excluding hydrogens is 329 g/mol. The van der Waals surface area contributed by atoms with Crippen LogP contribution in [0.2, 0.25) is 0 Å². The van der Waals surface area contributed by atoms with E-state index in [1.54, 1.807) is 0 Å². The maximum absolute atomic E-state index is 13.0. The molecule has 5 heteroatoms. The largest absolute Gasteiger partial charge is 0.368 e. The van der Waals surface area contributed by atoms with Crippen molar-refractivity contribution in [1.29, 1.82) is 0 Å². The molecule has 0 radical (unpaired) electrons. The number of piperazine rings is 1. The summed E-state index contributed by atoms with van der Waals surface area (Å²) in [5, 5.41) is 0. The number of benzene rings is 1. The molecule has 144 valence electrons. The number of halogens is 1. The summed E-state index contributed by atoms with van der Waals surface area (Å²) in [6, 6.07) is 7.26. The van der Waals surface area contributed by atoms with Crippen LogP contribution in [0.15, 0.2) is 24.3 Å². The van der Waals surface area contributed by atoms with E-state index < -0.39 is 0 Å². The zero-order valence-electron chi connectivity index (χ0n) is 16.2. The third-order valence-electron chi connectivity index (χ3n) is 6.11. The first-order chi connectivity index (χ1) is 12.5. The molecule has 1 aliphatic heterocycles. The van der Waals surface area contributed by atoms with Gasteiger partial charge in [0.1, 0.15) is 5.82 Å². The van der Waals surface area contributed by atoms with Crippen LogP contribution in [-0.2, 0) is 4.79 Å². The van der Waals surface area contributed by atoms with E-state index in [-0.39, 0.29) is 11.7 Å². The van der Waals surface area contributed by atoms with Gasteiger partial charge in [-0.25, -0.2) is 4.39 Å². The lowest BCUT2D eigenvalue weighted by molar-refractivity contribution is -0.131. The Bertz CT molecular complexity index is 575. The van der Waals surface area contributed by atoms with Crippen LogP contribution in [0.4, 0.5) is 10.1 Å². The molecule has 1 heterocycles. The lowest BCUT2D eigenvalue weighted by Gasteiger charge is -2.37. The number of rotatable bonds is 5. The third-order valence-corrected chi connectivity index (χ3v) is 6.11. The highest BCUT2D eigenvalue weighted by molar-refractivity contribution is 5.76. The second-order valence-corrected chi connectivity index (χ2v) is 7.99. The number of hydrogen-bond acceptors (Lipinski definition) is 3. The highest BCUT2D eigenvalue weighted by atomic mass is 19.1. The number of nitrogens with zero attached hydrogens (tertiary/aromatic N) is 3. The van der Waals surface area contributed by atoms with Gasteiger partial charge in [0.05, 0.1) is 0 Å². The van der Waals surface area contributed by atoms with Crippen molar-refractivity contribution in [3.8, 4) is 0 Å². The van der Waals surface area contributed by atoms with Gasteiger partial charge >= 0.3 is 0 Å². The molecule has 0 spiro atoms. The quantitative estimate of drug-likeness (QED) is 0.804. The molecule has 1 amide bonds.